The van der Waals surface area contributed by atoms with Gasteiger partial charge in [0.25, 0.3) is 5.88 Å². The van der Waals surface area contributed by atoms with Crippen molar-refractivity contribution in [3.05, 3.63) is 52.2 Å². The number of halogens is 1. The number of nitrogens with zero attached hydrogens (tertiary/aromatic N) is 4. The summed E-state index contributed by atoms with van der Waals surface area (Å²) >= 11 is 0. The second-order valence-electron chi connectivity index (χ2n) is 3.27. The molecule has 0 spiro atoms. The third-order valence-electron chi connectivity index (χ3n) is 2.11. The lowest BCUT2D eigenvalue weighted by Gasteiger charge is -2.06. The molecule has 1 aromatic carbocycles. The first kappa shape index (κ1) is 12.4. The van der Waals surface area contributed by atoms with E-state index in [-0.39, 0.29) is 11.6 Å². The van der Waals surface area contributed by atoms with E-state index < -0.39 is 22.2 Å². The molecule has 2 rings (SSSR count). The van der Waals surface area contributed by atoms with E-state index in [1.807, 2.05) is 0 Å². The molecule has 0 radical (unpaired) electrons. The summed E-state index contributed by atoms with van der Waals surface area (Å²) in [5, 5.41) is 19.6. The minimum absolute atomic E-state index is 0.194. The number of ether oxygens (including phenoxy) is 1. The summed E-state index contributed by atoms with van der Waals surface area (Å²) in [6, 6.07) is 4.96. The average Bonchev–Trinajstić information content (AvgIpc) is 2.41. The van der Waals surface area contributed by atoms with Gasteiger partial charge in [0.1, 0.15) is 6.07 Å². The summed E-state index contributed by atoms with van der Waals surface area (Å²) in [4.78, 5) is 17.3. The van der Waals surface area contributed by atoms with Crippen LogP contribution in [0, 0.1) is 27.3 Å². The first-order chi connectivity index (χ1) is 9.13. The maximum absolute atomic E-state index is 13.6. The van der Waals surface area contributed by atoms with Crippen LogP contribution in [0.2, 0.25) is 0 Å². The van der Waals surface area contributed by atoms with E-state index >= 15 is 0 Å². The molecule has 0 fully saturated rings. The van der Waals surface area contributed by atoms with Crippen LogP contribution in [0.15, 0.2) is 30.6 Å². The first-order valence-corrected chi connectivity index (χ1v) is 4.95. The molecule has 1 aromatic heterocycles. The van der Waals surface area contributed by atoms with Gasteiger partial charge >= 0.3 is 5.69 Å². The van der Waals surface area contributed by atoms with E-state index in [2.05, 4.69) is 9.97 Å². The summed E-state index contributed by atoms with van der Waals surface area (Å²) in [5.41, 5.74) is -0.755. The second-order valence-corrected chi connectivity index (χ2v) is 3.27. The molecule has 7 nitrogen and oxygen atoms in total. The maximum Gasteiger partial charge on any atom is 0.314 e. The molecule has 2 aromatic rings. The summed E-state index contributed by atoms with van der Waals surface area (Å²) in [5.74, 6) is -1.83. The summed E-state index contributed by atoms with van der Waals surface area (Å²) in [6.45, 7) is 0. The van der Waals surface area contributed by atoms with Crippen LogP contribution in [-0.2, 0) is 0 Å². The Bertz CT molecular complexity index is 684. The largest absolute Gasteiger partial charge is 0.426 e. The number of aromatic nitrogens is 2. The molecule has 0 N–H and O–H groups in total. The molecule has 0 saturated heterocycles. The normalized spacial score (nSPS) is 9.68. The highest BCUT2D eigenvalue weighted by atomic mass is 19.1. The molecule has 0 amide bonds. The number of nitriles is 1. The van der Waals surface area contributed by atoms with Gasteiger partial charge in [-0.2, -0.15) is 5.26 Å². The van der Waals surface area contributed by atoms with Crippen LogP contribution >= 0.6 is 0 Å². The zero-order chi connectivity index (χ0) is 13.8. The van der Waals surface area contributed by atoms with E-state index in [4.69, 9.17) is 10.00 Å². The average molecular weight is 260 g/mol. The lowest BCUT2D eigenvalue weighted by Crippen LogP contribution is -1.99. The number of hydrogen-bond acceptors (Lipinski definition) is 6. The number of rotatable bonds is 3. The molecule has 19 heavy (non-hydrogen) atoms. The number of benzene rings is 1. The van der Waals surface area contributed by atoms with Crippen LogP contribution < -0.4 is 4.74 Å². The molecule has 0 aliphatic carbocycles. The summed E-state index contributed by atoms with van der Waals surface area (Å²) in [7, 11) is 0. The quantitative estimate of drug-likeness (QED) is 0.619. The molecular weight excluding hydrogens is 255 g/mol. The summed E-state index contributed by atoms with van der Waals surface area (Å²) in [6.07, 6.45) is 2.48. The topological polar surface area (TPSA) is 102 Å². The first-order valence-electron chi connectivity index (χ1n) is 4.95. The van der Waals surface area contributed by atoms with E-state index in [9.17, 15) is 14.5 Å². The highest BCUT2D eigenvalue weighted by Gasteiger charge is 2.22. The number of nitro groups is 1. The summed E-state index contributed by atoms with van der Waals surface area (Å²) < 4.78 is 18.6. The lowest BCUT2D eigenvalue weighted by molar-refractivity contribution is -0.385. The zero-order valence-electron chi connectivity index (χ0n) is 9.28. The van der Waals surface area contributed by atoms with Crippen molar-refractivity contribution in [2.45, 2.75) is 0 Å². The number of nitro benzene ring substituents is 1. The molecule has 0 aliphatic heterocycles. The molecule has 0 bridgehead atoms. The van der Waals surface area contributed by atoms with Gasteiger partial charge in [-0.3, -0.25) is 10.1 Å². The second kappa shape index (κ2) is 5.05. The molecule has 8 heteroatoms. The van der Waals surface area contributed by atoms with Crippen molar-refractivity contribution >= 4 is 5.69 Å². The highest BCUT2D eigenvalue weighted by Crippen LogP contribution is 2.33. The maximum atomic E-state index is 13.6. The Hall–Kier alpha value is -3.08. The van der Waals surface area contributed by atoms with Gasteiger partial charge < -0.3 is 4.74 Å². The Morgan fingerprint density at radius 1 is 1.37 bits per heavy atom. The van der Waals surface area contributed by atoms with Gasteiger partial charge in [-0.05, 0) is 6.07 Å². The number of para-hydroxylation sites is 1. The third kappa shape index (κ3) is 2.44. The molecular formula is C11H5FN4O3. The standard InChI is InChI=1S/C11H5FN4O3/c12-7-2-1-3-9(16(17)18)10(7)19-11-8(6-13)14-4-5-15-11/h1-5H. The number of hydrogen-bond donors (Lipinski definition) is 0. The van der Waals surface area contributed by atoms with Crippen LogP contribution in [0.1, 0.15) is 5.69 Å². The van der Waals surface area contributed by atoms with Crippen LogP contribution in [-0.4, -0.2) is 14.9 Å². The monoisotopic (exact) mass is 260 g/mol. The predicted octanol–water partition coefficient (Wildman–Crippen LogP) is 2.19. The van der Waals surface area contributed by atoms with Crippen LogP contribution in [0.3, 0.4) is 0 Å². The van der Waals surface area contributed by atoms with Crippen LogP contribution in [0.4, 0.5) is 10.1 Å². The minimum atomic E-state index is -0.927. The van der Waals surface area contributed by atoms with Crippen molar-refractivity contribution in [3.63, 3.8) is 0 Å². The highest BCUT2D eigenvalue weighted by molar-refractivity contribution is 5.49. The van der Waals surface area contributed by atoms with E-state index in [0.717, 1.165) is 12.1 Å². The Morgan fingerprint density at radius 2 is 2.11 bits per heavy atom. The Balaban J connectivity index is 2.50. The zero-order valence-corrected chi connectivity index (χ0v) is 9.28. The molecule has 0 aliphatic rings. The van der Waals surface area contributed by atoms with Crippen LogP contribution in [0.25, 0.3) is 0 Å². The van der Waals surface area contributed by atoms with Crippen LogP contribution in [0.5, 0.6) is 11.6 Å². The van der Waals surface area contributed by atoms with Gasteiger partial charge in [0, 0.05) is 18.5 Å². The van der Waals surface area contributed by atoms with Crippen molar-refractivity contribution in [2.24, 2.45) is 0 Å². The molecule has 0 unspecified atom stereocenters. The Morgan fingerprint density at radius 3 is 2.79 bits per heavy atom. The third-order valence-corrected chi connectivity index (χ3v) is 2.11. The minimum Gasteiger partial charge on any atom is -0.426 e. The van der Waals surface area contributed by atoms with Crippen molar-refractivity contribution < 1.29 is 14.1 Å². The molecule has 1 heterocycles. The Kier molecular flexibility index (Phi) is 3.29. The van der Waals surface area contributed by atoms with E-state index in [0.29, 0.717) is 0 Å². The predicted molar refractivity (Wildman–Crippen MR) is 59.9 cm³/mol. The van der Waals surface area contributed by atoms with Gasteiger partial charge in [-0.1, -0.05) is 6.07 Å². The van der Waals surface area contributed by atoms with Gasteiger partial charge in [-0.15, -0.1) is 0 Å². The fraction of sp³-hybridized carbons (Fsp3) is 0. The lowest BCUT2D eigenvalue weighted by atomic mass is 10.3. The van der Waals surface area contributed by atoms with Gasteiger partial charge in [-0.25, -0.2) is 14.4 Å². The van der Waals surface area contributed by atoms with Gasteiger partial charge in [0.05, 0.1) is 4.92 Å². The van der Waals surface area contributed by atoms with E-state index in [1.54, 1.807) is 6.07 Å². The SMILES string of the molecule is N#Cc1nccnc1Oc1c(F)cccc1[N+](=O)[O-]. The van der Waals surface area contributed by atoms with Crippen molar-refractivity contribution in [3.8, 4) is 17.7 Å². The molecule has 94 valence electrons. The van der Waals surface area contributed by atoms with Crippen molar-refractivity contribution in [1.29, 1.82) is 5.26 Å². The Labute approximate surface area is 106 Å². The van der Waals surface area contributed by atoms with E-state index in [1.165, 1.54) is 18.5 Å². The molecule has 0 saturated carbocycles. The van der Waals surface area contributed by atoms with Crippen molar-refractivity contribution in [1.82, 2.24) is 9.97 Å². The smallest absolute Gasteiger partial charge is 0.314 e. The fourth-order valence-electron chi connectivity index (χ4n) is 1.32. The van der Waals surface area contributed by atoms with Gasteiger partial charge in [0.15, 0.2) is 5.82 Å². The fourth-order valence-corrected chi connectivity index (χ4v) is 1.32. The molecule has 0 atom stereocenters. The van der Waals surface area contributed by atoms with Crippen molar-refractivity contribution in [2.75, 3.05) is 0 Å². The van der Waals surface area contributed by atoms with Gasteiger partial charge in [0.2, 0.25) is 11.4 Å².